The summed E-state index contributed by atoms with van der Waals surface area (Å²) in [6.07, 6.45) is 0.413. The highest BCUT2D eigenvalue weighted by Gasteiger charge is 2.40. The van der Waals surface area contributed by atoms with Gasteiger partial charge in [-0.3, -0.25) is 4.79 Å². The number of carbonyl (C=O) groups excluding carboxylic acids is 1. The molecule has 1 unspecified atom stereocenters. The third-order valence-electron chi connectivity index (χ3n) is 3.57. The fraction of sp³-hybridized carbons (Fsp3) is 0.533. The number of esters is 1. The Labute approximate surface area is 114 Å². The molecule has 19 heavy (non-hydrogen) atoms. The van der Waals surface area contributed by atoms with E-state index in [1.807, 2.05) is 38.1 Å². The number of fused-ring (bicyclic) bond motifs is 1. The molecule has 4 nitrogen and oxygen atoms in total. The molecule has 0 aromatic heterocycles. The van der Waals surface area contributed by atoms with E-state index in [1.54, 1.807) is 14.0 Å². The minimum atomic E-state index is -0.516. The lowest BCUT2D eigenvalue weighted by Gasteiger charge is -2.39. The largest absolute Gasteiger partial charge is 0.484 e. The van der Waals surface area contributed by atoms with Crippen LogP contribution in [0.25, 0.3) is 0 Å². The Morgan fingerprint density at radius 3 is 2.84 bits per heavy atom. The molecule has 0 aliphatic carbocycles. The Hall–Kier alpha value is -1.55. The summed E-state index contributed by atoms with van der Waals surface area (Å²) >= 11 is 0. The smallest absolute Gasteiger partial charge is 0.323 e. The van der Waals surface area contributed by atoms with Gasteiger partial charge in [-0.2, -0.15) is 0 Å². The standard InChI is InChI=1S/C15H21NO3/c1-10(16-4)14(17)18-13-9-11-7-5-6-8-12(11)19-15(13,2)3/h5-8,10,13,16H,9H2,1-4H3/t10-,13?/m0/s1. The first-order valence-corrected chi connectivity index (χ1v) is 6.58. The summed E-state index contributed by atoms with van der Waals surface area (Å²) in [6, 6.07) is 7.56. The zero-order chi connectivity index (χ0) is 14.0. The lowest BCUT2D eigenvalue weighted by molar-refractivity contribution is -0.163. The summed E-state index contributed by atoms with van der Waals surface area (Å²) in [5.41, 5.74) is 0.564. The summed E-state index contributed by atoms with van der Waals surface area (Å²) in [5.74, 6) is 0.630. The number of nitrogens with one attached hydrogen (secondary N) is 1. The van der Waals surface area contributed by atoms with Gasteiger partial charge in [0.1, 0.15) is 23.5 Å². The molecule has 104 valence electrons. The van der Waals surface area contributed by atoms with Gasteiger partial charge >= 0.3 is 5.97 Å². The van der Waals surface area contributed by atoms with E-state index >= 15 is 0 Å². The van der Waals surface area contributed by atoms with E-state index in [1.165, 1.54) is 0 Å². The molecule has 2 rings (SSSR count). The minimum absolute atomic E-state index is 0.247. The number of carbonyl (C=O) groups is 1. The van der Waals surface area contributed by atoms with Crippen LogP contribution >= 0.6 is 0 Å². The third-order valence-corrected chi connectivity index (χ3v) is 3.57. The molecule has 1 N–H and O–H groups in total. The van der Waals surface area contributed by atoms with Gasteiger partial charge in [0.2, 0.25) is 0 Å². The van der Waals surface area contributed by atoms with Crippen LogP contribution in [0, 0.1) is 0 Å². The molecule has 1 heterocycles. The molecule has 0 radical (unpaired) electrons. The van der Waals surface area contributed by atoms with Gasteiger partial charge in [-0.05, 0) is 39.4 Å². The lowest BCUT2D eigenvalue weighted by atomic mass is 9.91. The summed E-state index contributed by atoms with van der Waals surface area (Å²) < 4.78 is 11.5. The first-order valence-electron chi connectivity index (χ1n) is 6.58. The first-order chi connectivity index (χ1) is 8.94. The van der Waals surface area contributed by atoms with E-state index in [9.17, 15) is 4.79 Å². The van der Waals surface area contributed by atoms with E-state index in [-0.39, 0.29) is 18.1 Å². The molecule has 0 spiro atoms. The monoisotopic (exact) mass is 263 g/mol. The molecule has 1 aromatic rings. The van der Waals surface area contributed by atoms with E-state index in [0.717, 1.165) is 11.3 Å². The first kappa shape index (κ1) is 13.9. The maximum atomic E-state index is 11.9. The average molecular weight is 263 g/mol. The van der Waals surface area contributed by atoms with Crippen molar-refractivity contribution in [2.45, 2.75) is 44.9 Å². The number of hydrogen-bond donors (Lipinski definition) is 1. The quantitative estimate of drug-likeness (QED) is 0.846. The summed E-state index contributed by atoms with van der Waals surface area (Å²) in [4.78, 5) is 11.9. The molecule has 4 heteroatoms. The van der Waals surface area contributed by atoms with Crippen molar-refractivity contribution in [1.29, 1.82) is 0 Å². The van der Waals surface area contributed by atoms with Gasteiger partial charge in [0.25, 0.3) is 0 Å². The Morgan fingerprint density at radius 1 is 1.47 bits per heavy atom. The fourth-order valence-corrected chi connectivity index (χ4v) is 2.11. The Morgan fingerprint density at radius 2 is 2.16 bits per heavy atom. The van der Waals surface area contributed by atoms with Crippen LogP contribution in [0.3, 0.4) is 0 Å². The molecular weight excluding hydrogens is 242 g/mol. The maximum absolute atomic E-state index is 11.9. The number of para-hydroxylation sites is 1. The molecule has 1 aromatic carbocycles. The van der Waals surface area contributed by atoms with Crippen molar-refractivity contribution in [2.24, 2.45) is 0 Å². The van der Waals surface area contributed by atoms with Gasteiger partial charge < -0.3 is 14.8 Å². The van der Waals surface area contributed by atoms with Crippen LogP contribution in [0.1, 0.15) is 26.3 Å². The van der Waals surface area contributed by atoms with Crippen molar-refractivity contribution < 1.29 is 14.3 Å². The van der Waals surface area contributed by atoms with Crippen LogP contribution in [0.15, 0.2) is 24.3 Å². The SMILES string of the molecule is CN[C@@H](C)C(=O)OC1Cc2ccccc2OC1(C)C. The second-order valence-corrected chi connectivity index (χ2v) is 5.45. The van der Waals surface area contributed by atoms with Gasteiger partial charge in [-0.1, -0.05) is 18.2 Å². The molecule has 0 amide bonds. The van der Waals surface area contributed by atoms with Crippen molar-refractivity contribution in [1.82, 2.24) is 5.32 Å². The second-order valence-electron chi connectivity index (χ2n) is 5.45. The lowest BCUT2D eigenvalue weighted by Crippen LogP contribution is -2.50. The molecule has 0 bridgehead atoms. The van der Waals surface area contributed by atoms with Crippen LogP contribution in [-0.4, -0.2) is 30.8 Å². The van der Waals surface area contributed by atoms with Crippen molar-refractivity contribution in [3.8, 4) is 5.75 Å². The second kappa shape index (κ2) is 5.21. The van der Waals surface area contributed by atoms with Gasteiger partial charge in [-0.25, -0.2) is 0 Å². The third kappa shape index (κ3) is 2.89. The van der Waals surface area contributed by atoms with Crippen molar-refractivity contribution in [3.63, 3.8) is 0 Å². The highest BCUT2D eigenvalue weighted by molar-refractivity contribution is 5.75. The predicted octanol–water partition coefficient (Wildman–Crippen LogP) is 1.92. The van der Waals surface area contributed by atoms with E-state index in [0.29, 0.717) is 6.42 Å². The number of ether oxygens (including phenoxy) is 2. The zero-order valence-corrected chi connectivity index (χ0v) is 11.9. The Kier molecular flexibility index (Phi) is 3.80. The molecule has 0 saturated heterocycles. The predicted molar refractivity (Wildman–Crippen MR) is 73.3 cm³/mol. The number of rotatable bonds is 3. The molecule has 1 aliphatic heterocycles. The Balaban J connectivity index is 2.16. The fourth-order valence-electron chi connectivity index (χ4n) is 2.11. The van der Waals surface area contributed by atoms with Gasteiger partial charge in [0.15, 0.2) is 0 Å². The normalized spacial score (nSPS) is 22.0. The summed E-state index contributed by atoms with van der Waals surface area (Å²) in [7, 11) is 1.74. The Bertz CT molecular complexity index is 470. The maximum Gasteiger partial charge on any atom is 0.323 e. The van der Waals surface area contributed by atoms with Gasteiger partial charge in [-0.15, -0.1) is 0 Å². The van der Waals surface area contributed by atoms with E-state index in [4.69, 9.17) is 9.47 Å². The summed E-state index contributed by atoms with van der Waals surface area (Å²) in [5, 5.41) is 2.89. The van der Waals surface area contributed by atoms with Crippen LogP contribution < -0.4 is 10.1 Å². The molecule has 2 atom stereocenters. The van der Waals surface area contributed by atoms with Gasteiger partial charge in [0, 0.05) is 6.42 Å². The van der Waals surface area contributed by atoms with Crippen molar-refractivity contribution >= 4 is 5.97 Å². The number of benzene rings is 1. The molecule has 0 fully saturated rings. The van der Waals surface area contributed by atoms with Crippen LogP contribution in [-0.2, 0) is 16.0 Å². The highest BCUT2D eigenvalue weighted by Crippen LogP contribution is 2.34. The highest BCUT2D eigenvalue weighted by atomic mass is 16.6. The number of likely N-dealkylation sites (N-methyl/N-ethyl adjacent to an activating group) is 1. The van der Waals surface area contributed by atoms with Crippen LogP contribution in [0.2, 0.25) is 0 Å². The average Bonchev–Trinajstić information content (AvgIpc) is 2.38. The van der Waals surface area contributed by atoms with Gasteiger partial charge in [0.05, 0.1) is 0 Å². The molecule has 0 saturated carbocycles. The minimum Gasteiger partial charge on any atom is -0.484 e. The van der Waals surface area contributed by atoms with Crippen molar-refractivity contribution in [2.75, 3.05) is 7.05 Å². The van der Waals surface area contributed by atoms with E-state index in [2.05, 4.69) is 5.32 Å². The number of hydrogen-bond acceptors (Lipinski definition) is 4. The zero-order valence-electron chi connectivity index (χ0n) is 11.9. The summed E-state index contributed by atoms with van der Waals surface area (Å²) in [6.45, 7) is 5.68. The van der Waals surface area contributed by atoms with E-state index < -0.39 is 5.60 Å². The van der Waals surface area contributed by atoms with Crippen molar-refractivity contribution in [3.05, 3.63) is 29.8 Å². The molecule has 1 aliphatic rings. The van der Waals surface area contributed by atoms with Crippen LogP contribution in [0.5, 0.6) is 5.75 Å². The van der Waals surface area contributed by atoms with Crippen LogP contribution in [0.4, 0.5) is 0 Å². The molecular formula is C15H21NO3. The topological polar surface area (TPSA) is 47.6 Å².